The largest absolute Gasteiger partial charge is 0.480 e. The second kappa shape index (κ2) is 14.9. The van der Waals surface area contributed by atoms with Gasteiger partial charge in [-0.15, -0.1) is 0 Å². The molecule has 49 heavy (non-hydrogen) atoms. The molecule has 1 amide bonds. The lowest BCUT2D eigenvalue weighted by Crippen LogP contribution is -2.49. The lowest BCUT2D eigenvalue weighted by Gasteiger charge is -2.19. The number of hydrogen-bond acceptors (Lipinski definition) is 8. The van der Waals surface area contributed by atoms with Crippen LogP contribution in [0, 0.1) is 32.4 Å². The monoisotopic (exact) mass is 696 g/mol. The van der Waals surface area contributed by atoms with E-state index in [9.17, 15) is 27.9 Å². The van der Waals surface area contributed by atoms with E-state index < -0.39 is 62.5 Å². The molecular weight excluding hydrogens is 658 g/mol. The molecule has 1 aromatic heterocycles. The van der Waals surface area contributed by atoms with Crippen molar-refractivity contribution in [2.45, 2.75) is 57.4 Å². The van der Waals surface area contributed by atoms with Crippen molar-refractivity contribution in [3.63, 3.8) is 0 Å². The Kier molecular flexibility index (Phi) is 10.9. The van der Waals surface area contributed by atoms with Gasteiger partial charge in [-0.1, -0.05) is 48.0 Å². The van der Waals surface area contributed by atoms with E-state index in [1.807, 2.05) is 30.3 Å². The summed E-state index contributed by atoms with van der Waals surface area (Å²) in [4.78, 5) is 42.3. The highest BCUT2D eigenvalue weighted by atomic mass is 32.2. The van der Waals surface area contributed by atoms with Crippen LogP contribution in [0.3, 0.4) is 0 Å². The zero-order valence-electron chi connectivity index (χ0n) is 27.2. The van der Waals surface area contributed by atoms with Crippen LogP contribution in [-0.4, -0.2) is 62.4 Å². The van der Waals surface area contributed by atoms with E-state index in [-0.39, 0.29) is 40.9 Å². The topological polar surface area (TPSA) is 182 Å². The SMILES string of the molecule is Cc1cc(C)c(S(=O)(=O)NC(CNC(=O)c2c(CCc3ccccc3)[nH]c3c(F)c(CNC4NCCN4)c(F)cc3c2=O)C(=O)O)c(C)c1. The highest BCUT2D eigenvalue weighted by Gasteiger charge is 2.30. The van der Waals surface area contributed by atoms with Gasteiger partial charge in [-0.2, -0.15) is 4.72 Å². The Morgan fingerprint density at radius 3 is 2.29 bits per heavy atom. The lowest BCUT2D eigenvalue weighted by molar-refractivity contribution is -0.138. The maximum Gasteiger partial charge on any atom is 0.323 e. The summed E-state index contributed by atoms with van der Waals surface area (Å²) in [6.45, 7) is 5.39. The normalized spacial score (nSPS) is 14.3. The minimum atomic E-state index is -4.35. The number of hydrogen-bond donors (Lipinski definition) is 7. The number of carbonyl (C=O) groups is 2. The Balaban J connectivity index is 1.47. The predicted octanol–water partition coefficient (Wildman–Crippen LogP) is 2.24. The van der Waals surface area contributed by atoms with Crippen molar-refractivity contribution in [1.82, 2.24) is 31.0 Å². The molecule has 260 valence electrons. The predicted molar refractivity (Wildman–Crippen MR) is 180 cm³/mol. The van der Waals surface area contributed by atoms with Crippen LogP contribution in [0.5, 0.6) is 0 Å². The number of halogens is 2. The molecule has 1 aliphatic heterocycles. The molecule has 15 heteroatoms. The van der Waals surface area contributed by atoms with Gasteiger partial charge in [0.15, 0.2) is 5.82 Å². The van der Waals surface area contributed by atoms with Crippen molar-refractivity contribution < 1.29 is 31.9 Å². The molecule has 7 N–H and O–H groups in total. The molecule has 4 aromatic rings. The molecule has 3 aromatic carbocycles. The van der Waals surface area contributed by atoms with Crippen molar-refractivity contribution in [2.75, 3.05) is 19.6 Å². The molecule has 1 unspecified atom stereocenters. The molecule has 0 radical (unpaired) electrons. The molecule has 1 saturated heterocycles. The number of aromatic amines is 1. The Bertz CT molecular complexity index is 2040. The minimum Gasteiger partial charge on any atom is -0.480 e. The molecule has 0 aliphatic carbocycles. The highest BCUT2D eigenvalue weighted by molar-refractivity contribution is 7.89. The van der Waals surface area contributed by atoms with E-state index in [2.05, 4.69) is 31.0 Å². The summed E-state index contributed by atoms with van der Waals surface area (Å²) in [6.07, 6.45) is 0.0512. The first-order chi connectivity index (χ1) is 23.3. The molecule has 0 bridgehead atoms. The van der Waals surface area contributed by atoms with Gasteiger partial charge < -0.3 is 15.4 Å². The van der Waals surface area contributed by atoms with Crippen molar-refractivity contribution in [3.05, 3.63) is 109 Å². The van der Waals surface area contributed by atoms with Crippen LogP contribution in [0.2, 0.25) is 0 Å². The van der Waals surface area contributed by atoms with E-state index in [0.717, 1.165) is 17.2 Å². The second-order valence-corrected chi connectivity index (χ2v) is 13.7. The Labute approximate surface area is 281 Å². The summed E-state index contributed by atoms with van der Waals surface area (Å²) in [5.41, 5.74) is 0.525. The number of H-pyrrole nitrogens is 1. The van der Waals surface area contributed by atoms with Crippen molar-refractivity contribution in [1.29, 1.82) is 0 Å². The Morgan fingerprint density at radius 1 is 1.00 bits per heavy atom. The van der Waals surface area contributed by atoms with Crippen LogP contribution in [0.15, 0.2) is 58.2 Å². The zero-order valence-corrected chi connectivity index (χ0v) is 28.0. The van der Waals surface area contributed by atoms with Crippen LogP contribution < -0.4 is 31.4 Å². The van der Waals surface area contributed by atoms with Gasteiger partial charge in [-0.05, 0) is 56.4 Å². The number of aliphatic carboxylic acids is 1. The molecule has 0 saturated carbocycles. The molecule has 1 fully saturated rings. The lowest BCUT2D eigenvalue weighted by atomic mass is 10.00. The van der Waals surface area contributed by atoms with Gasteiger partial charge in [0, 0.05) is 37.4 Å². The van der Waals surface area contributed by atoms with Gasteiger partial charge in [-0.25, -0.2) is 17.2 Å². The van der Waals surface area contributed by atoms with Crippen LogP contribution >= 0.6 is 0 Å². The molecule has 12 nitrogen and oxygen atoms in total. The molecule has 5 rings (SSSR count). The van der Waals surface area contributed by atoms with Gasteiger partial charge in [0.25, 0.3) is 5.91 Å². The van der Waals surface area contributed by atoms with Crippen molar-refractivity contribution in [3.8, 4) is 0 Å². The van der Waals surface area contributed by atoms with Crippen LogP contribution in [0.25, 0.3) is 10.9 Å². The average molecular weight is 697 g/mol. The number of fused-ring (bicyclic) bond motifs is 1. The maximum atomic E-state index is 15.9. The van der Waals surface area contributed by atoms with Gasteiger partial charge in [-0.3, -0.25) is 30.3 Å². The number of aryl methyl sites for hydroxylation is 5. The number of sulfonamides is 1. The van der Waals surface area contributed by atoms with E-state index in [4.69, 9.17) is 0 Å². The summed E-state index contributed by atoms with van der Waals surface area (Å²) < 4.78 is 59.8. The Hall–Kier alpha value is -4.54. The van der Waals surface area contributed by atoms with E-state index in [1.165, 1.54) is 0 Å². The second-order valence-electron chi connectivity index (χ2n) is 12.0. The number of pyridine rings is 1. The highest BCUT2D eigenvalue weighted by Crippen LogP contribution is 2.24. The van der Waals surface area contributed by atoms with E-state index >= 15 is 8.78 Å². The number of carbonyl (C=O) groups excluding carboxylic acids is 1. The fourth-order valence-electron chi connectivity index (χ4n) is 6.10. The third-order valence-electron chi connectivity index (χ3n) is 8.34. The van der Waals surface area contributed by atoms with Gasteiger partial charge in [0.1, 0.15) is 23.7 Å². The summed E-state index contributed by atoms with van der Waals surface area (Å²) in [5.74, 6) is -4.60. The standard InChI is InChI=1S/C34H38F2N6O6S/c1-18-13-19(2)31(20(3)14-18)49(47,48)42-26(33(45)46)17-39-32(44)27-25(10-9-21-7-5-4-6-8-21)41-29-22(30(27)43)15-24(35)23(28(29)36)16-40-34-37-11-12-38-34/h4-8,13-15,26,34,37-38,40,42H,9-12,16-17H2,1-3H3,(H,39,44)(H,41,43)(H,45,46). The van der Waals surface area contributed by atoms with Crippen LogP contribution in [0.1, 0.15) is 43.9 Å². The third kappa shape index (κ3) is 8.03. The summed E-state index contributed by atoms with van der Waals surface area (Å²) in [6, 6.07) is 11.5. The average Bonchev–Trinajstić information content (AvgIpc) is 3.56. The minimum absolute atomic E-state index is 0.0424. The first-order valence-corrected chi connectivity index (χ1v) is 17.2. The number of nitrogens with one attached hydrogen (secondary N) is 6. The van der Waals surface area contributed by atoms with Gasteiger partial charge in [0.2, 0.25) is 15.5 Å². The number of rotatable bonds is 13. The maximum absolute atomic E-state index is 15.9. The number of aromatic nitrogens is 1. The number of carboxylic acid groups (broad SMARTS) is 1. The number of benzene rings is 3. The zero-order chi connectivity index (χ0) is 35.5. The number of amides is 1. The smallest absolute Gasteiger partial charge is 0.323 e. The third-order valence-corrected chi connectivity index (χ3v) is 10.1. The molecule has 1 aliphatic rings. The molecule has 2 heterocycles. The number of carboxylic acids is 1. The first-order valence-electron chi connectivity index (χ1n) is 15.7. The fraction of sp³-hybridized carbons (Fsp3) is 0.324. The van der Waals surface area contributed by atoms with Crippen LogP contribution in [-0.2, 0) is 34.2 Å². The summed E-state index contributed by atoms with van der Waals surface area (Å²) in [7, 11) is -4.35. The summed E-state index contributed by atoms with van der Waals surface area (Å²) in [5, 5.41) is 20.9. The van der Waals surface area contributed by atoms with Crippen LogP contribution in [0.4, 0.5) is 8.78 Å². The fourth-order valence-corrected chi connectivity index (χ4v) is 7.75. The first kappa shape index (κ1) is 35.8. The molecular formula is C34H38F2N6O6S. The molecule has 1 atom stereocenters. The van der Waals surface area contributed by atoms with E-state index in [1.54, 1.807) is 32.9 Å². The van der Waals surface area contributed by atoms with E-state index in [0.29, 0.717) is 30.6 Å². The van der Waals surface area contributed by atoms with Crippen molar-refractivity contribution in [2.24, 2.45) is 0 Å². The van der Waals surface area contributed by atoms with Crippen molar-refractivity contribution >= 4 is 32.8 Å². The molecule has 0 spiro atoms. The van der Waals surface area contributed by atoms with Gasteiger partial charge in [0.05, 0.1) is 15.8 Å². The Morgan fingerprint density at radius 2 is 1.65 bits per heavy atom. The summed E-state index contributed by atoms with van der Waals surface area (Å²) >= 11 is 0. The van der Waals surface area contributed by atoms with Gasteiger partial charge >= 0.3 is 5.97 Å². The quantitative estimate of drug-likeness (QED) is 0.110.